The zero-order valence-corrected chi connectivity index (χ0v) is 10.1. The Morgan fingerprint density at radius 2 is 1.87 bits per heavy atom. The predicted molar refractivity (Wildman–Crippen MR) is 63.6 cm³/mol. The fourth-order valence-electron chi connectivity index (χ4n) is 1.43. The van der Waals surface area contributed by atoms with Gasteiger partial charge in [0, 0.05) is 17.8 Å². The molecular weight excluding hydrogens is 254 g/mol. The molecule has 1 fully saturated rings. The first-order valence-corrected chi connectivity index (χ1v) is 6.33. The van der Waals surface area contributed by atoms with E-state index < -0.39 is 0 Å². The lowest BCUT2D eigenvalue weighted by Crippen LogP contribution is -2.24. The SMILES string of the molecule is O=C(NCc1ccc(CBr)cc1)C1CC1. The lowest BCUT2D eigenvalue weighted by Gasteiger charge is -2.04. The number of rotatable bonds is 4. The Morgan fingerprint density at radius 1 is 1.27 bits per heavy atom. The molecule has 0 saturated heterocycles. The Kier molecular flexibility index (Phi) is 3.41. The Labute approximate surface area is 98.2 Å². The normalized spacial score (nSPS) is 15.0. The van der Waals surface area contributed by atoms with Crippen LogP contribution in [0.25, 0.3) is 0 Å². The molecule has 1 N–H and O–H groups in total. The summed E-state index contributed by atoms with van der Waals surface area (Å²) in [5.41, 5.74) is 2.42. The minimum Gasteiger partial charge on any atom is -0.352 e. The van der Waals surface area contributed by atoms with Gasteiger partial charge in [0.1, 0.15) is 0 Å². The highest BCUT2D eigenvalue weighted by Gasteiger charge is 2.29. The number of benzene rings is 1. The first kappa shape index (κ1) is 10.7. The van der Waals surface area contributed by atoms with Crippen LogP contribution >= 0.6 is 15.9 Å². The first-order valence-electron chi connectivity index (χ1n) is 5.21. The van der Waals surface area contributed by atoms with Gasteiger partial charge in [-0.15, -0.1) is 0 Å². The molecule has 1 amide bonds. The molecule has 0 heterocycles. The Hall–Kier alpha value is -0.830. The van der Waals surface area contributed by atoms with E-state index in [0.717, 1.165) is 23.7 Å². The summed E-state index contributed by atoms with van der Waals surface area (Å²) in [6.07, 6.45) is 2.13. The van der Waals surface area contributed by atoms with E-state index in [1.54, 1.807) is 0 Å². The van der Waals surface area contributed by atoms with Crippen molar-refractivity contribution in [2.45, 2.75) is 24.7 Å². The van der Waals surface area contributed by atoms with Crippen LogP contribution in [0.2, 0.25) is 0 Å². The number of carbonyl (C=O) groups is 1. The van der Waals surface area contributed by atoms with Gasteiger partial charge in [-0.1, -0.05) is 40.2 Å². The summed E-state index contributed by atoms with van der Waals surface area (Å²) < 4.78 is 0. The van der Waals surface area contributed by atoms with Gasteiger partial charge in [-0.05, 0) is 24.0 Å². The topological polar surface area (TPSA) is 29.1 Å². The van der Waals surface area contributed by atoms with Gasteiger partial charge in [0.25, 0.3) is 0 Å². The third kappa shape index (κ3) is 3.06. The molecule has 3 heteroatoms. The molecule has 0 radical (unpaired) electrons. The molecule has 0 atom stereocenters. The third-order valence-corrected chi connectivity index (χ3v) is 3.24. The molecule has 80 valence electrons. The number of carbonyl (C=O) groups excluding carboxylic acids is 1. The maximum atomic E-state index is 11.4. The van der Waals surface area contributed by atoms with Crippen molar-refractivity contribution in [1.82, 2.24) is 5.32 Å². The number of nitrogens with one attached hydrogen (secondary N) is 1. The number of halogens is 1. The Balaban J connectivity index is 1.84. The Bertz CT molecular complexity index is 343. The van der Waals surface area contributed by atoms with Crippen LogP contribution in [-0.4, -0.2) is 5.91 Å². The zero-order chi connectivity index (χ0) is 10.7. The molecular formula is C12H14BrNO. The molecule has 0 spiro atoms. The second kappa shape index (κ2) is 4.79. The van der Waals surface area contributed by atoms with Crippen molar-refractivity contribution in [2.75, 3.05) is 0 Å². The van der Waals surface area contributed by atoms with Crippen molar-refractivity contribution in [1.29, 1.82) is 0 Å². The zero-order valence-electron chi connectivity index (χ0n) is 8.50. The summed E-state index contributed by atoms with van der Waals surface area (Å²) in [6.45, 7) is 0.651. The second-order valence-electron chi connectivity index (χ2n) is 3.94. The van der Waals surface area contributed by atoms with Gasteiger partial charge >= 0.3 is 0 Å². The lowest BCUT2D eigenvalue weighted by atomic mass is 10.1. The van der Waals surface area contributed by atoms with Crippen molar-refractivity contribution in [3.63, 3.8) is 0 Å². The standard InChI is InChI=1S/C12H14BrNO/c13-7-9-1-3-10(4-2-9)8-14-12(15)11-5-6-11/h1-4,11H,5-8H2,(H,14,15). The smallest absolute Gasteiger partial charge is 0.223 e. The molecule has 1 aliphatic rings. The van der Waals surface area contributed by atoms with E-state index in [2.05, 4.69) is 45.5 Å². The van der Waals surface area contributed by atoms with Crippen molar-refractivity contribution >= 4 is 21.8 Å². The summed E-state index contributed by atoms with van der Waals surface area (Å²) in [4.78, 5) is 11.4. The van der Waals surface area contributed by atoms with Gasteiger partial charge in [-0.2, -0.15) is 0 Å². The van der Waals surface area contributed by atoms with Crippen LogP contribution < -0.4 is 5.32 Å². The molecule has 0 aliphatic heterocycles. The van der Waals surface area contributed by atoms with Crippen molar-refractivity contribution in [2.24, 2.45) is 5.92 Å². The highest BCUT2D eigenvalue weighted by molar-refractivity contribution is 9.08. The van der Waals surface area contributed by atoms with Crippen LogP contribution in [0.15, 0.2) is 24.3 Å². The average Bonchev–Trinajstić information content (AvgIpc) is 3.10. The summed E-state index contributed by atoms with van der Waals surface area (Å²) in [6, 6.07) is 8.27. The fraction of sp³-hybridized carbons (Fsp3) is 0.417. The number of amides is 1. The van der Waals surface area contributed by atoms with Gasteiger partial charge in [0.15, 0.2) is 0 Å². The van der Waals surface area contributed by atoms with Crippen LogP contribution in [0.3, 0.4) is 0 Å². The molecule has 1 saturated carbocycles. The van der Waals surface area contributed by atoms with Gasteiger partial charge in [0.2, 0.25) is 5.91 Å². The van der Waals surface area contributed by atoms with E-state index in [4.69, 9.17) is 0 Å². The van der Waals surface area contributed by atoms with Crippen molar-refractivity contribution in [3.8, 4) is 0 Å². The maximum absolute atomic E-state index is 11.4. The monoisotopic (exact) mass is 267 g/mol. The summed E-state index contributed by atoms with van der Waals surface area (Å²) in [5.74, 6) is 0.506. The molecule has 0 aromatic heterocycles. The number of hydrogen-bond acceptors (Lipinski definition) is 1. The van der Waals surface area contributed by atoms with E-state index in [-0.39, 0.29) is 5.91 Å². The number of hydrogen-bond donors (Lipinski definition) is 1. The molecule has 0 unspecified atom stereocenters. The van der Waals surface area contributed by atoms with Gasteiger partial charge in [0.05, 0.1) is 0 Å². The maximum Gasteiger partial charge on any atom is 0.223 e. The second-order valence-corrected chi connectivity index (χ2v) is 4.50. The van der Waals surface area contributed by atoms with Crippen LogP contribution in [-0.2, 0) is 16.7 Å². The van der Waals surface area contributed by atoms with E-state index in [1.165, 1.54) is 5.56 Å². The largest absolute Gasteiger partial charge is 0.352 e. The van der Waals surface area contributed by atoms with Crippen molar-refractivity contribution < 1.29 is 4.79 Å². The summed E-state index contributed by atoms with van der Waals surface area (Å²) in [5, 5.41) is 3.82. The minimum absolute atomic E-state index is 0.208. The minimum atomic E-state index is 0.208. The quantitative estimate of drug-likeness (QED) is 0.835. The van der Waals surface area contributed by atoms with Crippen LogP contribution in [0, 0.1) is 5.92 Å². The molecule has 0 bridgehead atoms. The van der Waals surface area contributed by atoms with E-state index in [9.17, 15) is 4.79 Å². The van der Waals surface area contributed by atoms with Gasteiger partial charge in [-0.25, -0.2) is 0 Å². The van der Waals surface area contributed by atoms with E-state index >= 15 is 0 Å². The average molecular weight is 268 g/mol. The molecule has 15 heavy (non-hydrogen) atoms. The van der Waals surface area contributed by atoms with E-state index in [1.807, 2.05) is 0 Å². The highest BCUT2D eigenvalue weighted by atomic mass is 79.9. The van der Waals surface area contributed by atoms with Crippen molar-refractivity contribution in [3.05, 3.63) is 35.4 Å². The fourth-order valence-corrected chi connectivity index (χ4v) is 1.80. The molecule has 1 aromatic rings. The molecule has 2 rings (SSSR count). The van der Waals surface area contributed by atoms with Gasteiger partial charge < -0.3 is 5.32 Å². The van der Waals surface area contributed by atoms with E-state index in [0.29, 0.717) is 12.5 Å². The summed E-state index contributed by atoms with van der Waals surface area (Å²) >= 11 is 3.40. The molecule has 2 nitrogen and oxygen atoms in total. The third-order valence-electron chi connectivity index (χ3n) is 2.59. The lowest BCUT2D eigenvalue weighted by molar-refractivity contribution is -0.122. The van der Waals surface area contributed by atoms with Crippen LogP contribution in [0.4, 0.5) is 0 Å². The van der Waals surface area contributed by atoms with Gasteiger partial charge in [-0.3, -0.25) is 4.79 Å². The van der Waals surface area contributed by atoms with Crippen LogP contribution in [0.1, 0.15) is 24.0 Å². The highest BCUT2D eigenvalue weighted by Crippen LogP contribution is 2.28. The molecule has 1 aromatic carbocycles. The molecule has 1 aliphatic carbocycles. The summed E-state index contributed by atoms with van der Waals surface area (Å²) in [7, 11) is 0. The first-order chi connectivity index (χ1) is 7.29. The van der Waals surface area contributed by atoms with Crippen LogP contribution in [0.5, 0.6) is 0 Å². The Morgan fingerprint density at radius 3 is 2.40 bits per heavy atom. The number of alkyl halides is 1. The predicted octanol–water partition coefficient (Wildman–Crippen LogP) is 2.61.